The van der Waals surface area contributed by atoms with Gasteiger partial charge in [0.1, 0.15) is 0 Å². The molecule has 1 saturated carbocycles. The van der Waals surface area contributed by atoms with Crippen molar-refractivity contribution in [3.05, 3.63) is 0 Å². The molecule has 1 unspecified atom stereocenters. The van der Waals surface area contributed by atoms with E-state index in [1.807, 2.05) is 0 Å². The molecule has 0 aromatic heterocycles. The third-order valence-corrected chi connectivity index (χ3v) is 4.99. The maximum absolute atomic E-state index is 3.77. The first-order chi connectivity index (χ1) is 8.64. The molecule has 0 amide bonds. The van der Waals surface area contributed by atoms with Gasteiger partial charge >= 0.3 is 0 Å². The van der Waals surface area contributed by atoms with Crippen LogP contribution < -0.4 is 5.32 Å². The van der Waals surface area contributed by atoms with E-state index in [2.05, 4.69) is 31.0 Å². The Hall–Kier alpha value is -0.0800. The second-order valence-electron chi connectivity index (χ2n) is 6.84. The lowest BCUT2D eigenvalue weighted by Gasteiger charge is -2.44. The molecular formula is C16H32N2. The second kappa shape index (κ2) is 6.38. The third-order valence-electron chi connectivity index (χ3n) is 4.99. The van der Waals surface area contributed by atoms with Crippen LogP contribution in [0.5, 0.6) is 0 Å². The lowest BCUT2D eigenvalue weighted by atomic mass is 9.88. The van der Waals surface area contributed by atoms with Gasteiger partial charge in [-0.25, -0.2) is 0 Å². The van der Waals surface area contributed by atoms with Crippen molar-refractivity contribution in [2.75, 3.05) is 19.6 Å². The van der Waals surface area contributed by atoms with Gasteiger partial charge in [-0.3, -0.25) is 4.90 Å². The molecular weight excluding hydrogens is 220 g/mol. The Balaban J connectivity index is 1.98. The first kappa shape index (κ1) is 14.3. The Morgan fingerprint density at radius 1 is 1.11 bits per heavy atom. The van der Waals surface area contributed by atoms with Gasteiger partial charge in [0.2, 0.25) is 0 Å². The topological polar surface area (TPSA) is 15.3 Å². The maximum Gasteiger partial charge on any atom is 0.0306 e. The predicted octanol–water partition coefficient (Wildman–Crippen LogP) is 3.42. The van der Waals surface area contributed by atoms with Gasteiger partial charge in [-0.2, -0.15) is 0 Å². The van der Waals surface area contributed by atoms with Crippen molar-refractivity contribution >= 4 is 0 Å². The molecule has 1 saturated heterocycles. The first-order valence-electron chi connectivity index (χ1n) is 8.13. The predicted molar refractivity (Wildman–Crippen MR) is 78.9 cm³/mol. The molecule has 0 aromatic carbocycles. The second-order valence-corrected chi connectivity index (χ2v) is 6.84. The lowest BCUT2D eigenvalue weighted by molar-refractivity contribution is 0.0784. The van der Waals surface area contributed by atoms with Crippen molar-refractivity contribution in [2.24, 2.45) is 5.92 Å². The molecule has 2 rings (SSSR count). The van der Waals surface area contributed by atoms with Crippen LogP contribution in [0.15, 0.2) is 0 Å². The van der Waals surface area contributed by atoms with Crippen LogP contribution in [0.1, 0.15) is 65.7 Å². The van der Waals surface area contributed by atoms with E-state index in [9.17, 15) is 0 Å². The minimum atomic E-state index is 0.322. The normalized spacial score (nSPS) is 24.8. The van der Waals surface area contributed by atoms with Crippen molar-refractivity contribution < 1.29 is 0 Å². The maximum atomic E-state index is 3.77. The van der Waals surface area contributed by atoms with Crippen LogP contribution >= 0.6 is 0 Å². The molecule has 2 aliphatic rings. The molecule has 1 atom stereocenters. The van der Waals surface area contributed by atoms with Crippen LogP contribution in [-0.4, -0.2) is 36.1 Å². The van der Waals surface area contributed by atoms with Gasteiger partial charge in [-0.1, -0.05) is 32.6 Å². The molecule has 0 radical (unpaired) electrons. The van der Waals surface area contributed by atoms with Crippen molar-refractivity contribution in [1.82, 2.24) is 10.2 Å². The smallest absolute Gasteiger partial charge is 0.0306 e. The summed E-state index contributed by atoms with van der Waals surface area (Å²) in [5.74, 6) is 1.01. The number of hydrogen-bond acceptors (Lipinski definition) is 2. The fraction of sp³-hybridized carbons (Fsp3) is 1.00. The molecule has 1 aliphatic carbocycles. The average molecular weight is 252 g/mol. The molecule has 1 N–H and O–H groups in total. The molecule has 2 fully saturated rings. The van der Waals surface area contributed by atoms with E-state index in [4.69, 9.17) is 0 Å². The molecule has 106 valence electrons. The number of likely N-dealkylation sites (N-methyl/N-ethyl adjacent to an activating group) is 1. The van der Waals surface area contributed by atoms with Crippen molar-refractivity contribution in [3.8, 4) is 0 Å². The van der Waals surface area contributed by atoms with Gasteiger partial charge in [0.25, 0.3) is 0 Å². The van der Waals surface area contributed by atoms with Crippen LogP contribution in [-0.2, 0) is 0 Å². The zero-order valence-corrected chi connectivity index (χ0v) is 12.7. The summed E-state index contributed by atoms with van der Waals surface area (Å²) < 4.78 is 0. The highest BCUT2D eigenvalue weighted by Gasteiger charge is 2.38. The molecule has 0 aromatic rings. The quantitative estimate of drug-likeness (QED) is 0.779. The molecule has 1 heterocycles. The van der Waals surface area contributed by atoms with Crippen LogP contribution in [0.2, 0.25) is 0 Å². The first-order valence-corrected chi connectivity index (χ1v) is 8.13. The third kappa shape index (κ3) is 3.71. The van der Waals surface area contributed by atoms with E-state index in [1.165, 1.54) is 58.0 Å². The summed E-state index contributed by atoms with van der Waals surface area (Å²) in [5, 5.41) is 3.77. The van der Waals surface area contributed by atoms with E-state index in [0.717, 1.165) is 12.5 Å². The van der Waals surface area contributed by atoms with Crippen LogP contribution in [0, 0.1) is 5.92 Å². The zero-order valence-electron chi connectivity index (χ0n) is 12.7. The monoisotopic (exact) mass is 252 g/mol. The van der Waals surface area contributed by atoms with E-state index >= 15 is 0 Å². The summed E-state index contributed by atoms with van der Waals surface area (Å²) in [7, 11) is 0. The molecule has 1 aliphatic heterocycles. The van der Waals surface area contributed by atoms with Gasteiger partial charge in [0, 0.05) is 11.6 Å². The van der Waals surface area contributed by atoms with E-state index < -0.39 is 0 Å². The fourth-order valence-electron chi connectivity index (χ4n) is 3.42. The fourth-order valence-corrected chi connectivity index (χ4v) is 3.42. The summed E-state index contributed by atoms with van der Waals surface area (Å²) in [6.07, 6.45) is 9.98. The SMILES string of the molecule is CCNC(CC1CC1)C(C)(C)N1CCCCCC1. The summed E-state index contributed by atoms with van der Waals surface area (Å²) in [6.45, 7) is 10.9. The number of nitrogens with zero attached hydrogens (tertiary/aromatic N) is 1. The number of rotatable bonds is 6. The number of likely N-dealkylation sites (tertiary alicyclic amines) is 1. The minimum absolute atomic E-state index is 0.322. The Labute approximate surface area is 114 Å². The summed E-state index contributed by atoms with van der Waals surface area (Å²) in [4.78, 5) is 2.76. The summed E-state index contributed by atoms with van der Waals surface area (Å²) in [6, 6.07) is 0.674. The summed E-state index contributed by atoms with van der Waals surface area (Å²) in [5.41, 5.74) is 0.322. The van der Waals surface area contributed by atoms with Gasteiger partial charge in [-0.15, -0.1) is 0 Å². The van der Waals surface area contributed by atoms with E-state index in [1.54, 1.807) is 0 Å². The zero-order chi connectivity index (χ0) is 13.0. The Kier molecular flexibility index (Phi) is 5.08. The van der Waals surface area contributed by atoms with Crippen molar-refractivity contribution in [3.63, 3.8) is 0 Å². The van der Waals surface area contributed by atoms with Crippen LogP contribution in [0.4, 0.5) is 0 Å². The van der Waals surface area contributed by atoms with E-state index in [-0.39, 0.29) is 0 Å². The lowest BCUT2D eigenvalue weighted by Crippen LogP contribution is -2.58. The molecule has 0 spiro atoms. The van der Waals surface area contributed by atoms with Crippen LogP contribution in [0.25, 0.3) is 0 Å². The molecule has 2 nitrogen and oxygen atoms in total. The number of hydrogen-bond donors (Lipinski definition) is 1. The largest absolute Gasteiger partial charge is 0.312 e. The Morgan fingerprint density at radius 2 is 1.72 bits per heavy atom. The Bertz CT molecular complexity index is 237. The average Bonchev–Trinajstić information content (AvgIpc) is 3.15. The molecule has 18 heavy (non-hydrogen) atoms. The van der Waals surface area contributed by atoms with Gasteiger partial charge < -0.3 is 5.32 Å². The Morgan fingerprint density at radius 3 is 2.22 bits per heavy atom. The van der Waals surface area contributed by atoms with E-state index in [0.29, 0.717) is 11.6 Å². The van der Waals surface area contributed by atoms with Gasteiger partial charge in [0.15, 0.2) is 0 Å². The highest BCUT2D eigenvalue weighted by molar-refractivity contribution is 4.96. The highest BCUT2D eigenvalue weighted by atomic mass is 15.2. The van der Waals surface area contributed by atoms with Gasteiger partial charge in [-0.05, 0) is 58.7 Å². The molecule has 2 heteroatoms. The van der Waals surface area contributed by atoms with Crippen LogP contribution in [0.3, 0.4) is 0 Å². The standard InChI is InChI=1S/C16H32N2/c1-4-17-15(13-14-9-10-14)16(2,3)18-11-7-5-6-8-12-18/h14-15,17H,4-13H2,1-3H3. The minimum Gasteiger partial charge on any atom is -0.312 e. The molecule has 0 bridgehead atoms. The van der Waals surface area contributed by atoms with Crippen molar-refractivity contribution in [1.29, 1.82) is 0 Å². The highest BCUT2D eigenvalue weighted by Crippen LogP contribution is 2.37. The number of nitrogens with one attached hydrogen (secondary N) is 1. The van der Waals surface area contributed by atoms with Gasteiger partial charge in [0.05, 0.1) is 0 Å². The summed E-state index contributed by atoms with van der Waals surface area (Å²) >= 11 is 0. The van der Waals surface area contributed by atoms with Crippen molar-refractivity contribution in [2.45, 2.75) is 77.3 Å².